The summed E-state index contributed by atoms with van der Waals surface area (Å²) in [4.78, 5) is 32.5. The van der Waals surface area contributed by atoms with Gasteiger partial charge in [-0.25, -0.2) is 4.98 Å². The van der Waals surface area contributed by atoms with E-state index in [1.54, 1.807) is 18.2 Å². The Kier molecular flexibility index (Phi) is 5.69. The molecular weight excluding hydrogens is 426 g/mol. The second kappa shape index (κ2) is 8.41. The van der Waals surface area contributed by atoms with Gasteiger partial charge >= 0.3 is 0 Å². The summed E-state index contributed by atoms with van der Waals surface area (Å²) >= 11 is 7.36. The molecule has 1 atom stereocenters. The lowest BCUT2D eigenvalue weighted by atomic mass is 9.86. The Morgan fingerprint density at radius 1 is 1.27 bits per heavy atom. The van der Waals surface area contributed by atoms with Crippen molar-refractivity contribution in [2.24, 2.45) is 0 Å². The minimum atomic E-state index is -0.494. The summed E-state index contributed by atoms with van der Waals surface area (Å²) in [5, 5.41) is 13.6. The van der Waals surface area contributed by atoms with Gasteiger partial charge in [-0.2, -0.15) is 0 Å². The van der Waals surface area contributed by atoms with Crippen molar-refractivity contribution >= 4 is 35.1 Å². The van der Waals surface area contributed by atoms with Gasteiger partial charge in [0.1, 0.15) is 5.82 Å². The topological polar surface area (TPSA) is 104 Å². The minimum absolute atomic E-state index is 0.0125. The Hall–Kier alpha value is -2.97. The van der Waals surface area contributed by atoms with Gasteiger partial charge in [0.05, 0.1) is 12.7 Å². The number of rotatable bonds is 5. The summed E-state index contributed by atoms with van der Waals surface area (Å²) in [6.45, 7) is 0. The number of nitrogens with one attached hydrogen (secondary N) is 2. The number of hydrogen-bond acceptors (Lipinski definition) is 6. The van der Waals surface area contributed by atoms with Gasteiger partial charge in [-0.05, 0) is 35.4 Å². The van der Waals surface area contributed by atoms with Gasteiger partial charge in [-0.15, -0.1) is 0 Å². The molecule has 1 aromatic heterocycles. The van der Waals surface area contributed by atoms with E-state index in [1.165, 1.54) is 24.9 Å². The lowest BCUT2D eigenvalue weighted by Crippen LogP contribution is -2.31. The van der Waals surface area contributed by atoms with E-state index in [2.05, 4.69) is 15.3 Å². The van der Waals surface area contributed by atoms with Gasteiger partial charge in [0.25, 0.3) is 5.56 Å². The molecule has 0 bridgehead atoms. The number of fused-ring (bicyclic) bond motifs is 1. The number of amides is 1. The van der Waals surface area contributed by atoms with E-state index in [9.17, 15) is 14.7 Å². The third-order valence-corrected chi connectivity index (χ3v) is 5.98. The first-order valence-electron chi connectivity index (χ1n) is 9.13. The average molecular weight is 444 g/mol. The fourth-order valence-corrected chi connectivity index (χ4v) is 4.41. The molecule has 30 heavy (non-hydrogen) atoms. The van der Waals surface area contributed by atoms with Crippen molar-refractivity contribution in [1.82, 2.24) is 9.97 Å². The van der Waals surface area contributed by atoms with Crippen LogP contribution in [0.25, 0.3) is 0 Å². The first-order valence-corrected chi connectivity index (χ1v) is 10.5. The number of phenolic OH excluding ortho intramolecular Hbond substituents is 1. The van der Waals surface area contributed by atoms with Gasteiger partial charge in [-0.3, -0.25) is 9.59 Å². The number of thioether (sulfide) groups is 1. The highest BCUT2D eigenvalue weighted by Gasteiger charge is 2.31. The Balaban J connectivity index is 1.67. The highest BCUT2D eigenvalue weighted by atomic mass is 35.5. The monoisotopic (exact) mass is 443 g/mol. The minimum Gasteiger partial charge on any atom is -0.504 e. The summed E-state index contributed by atoms with van der Waals surface area (Å²) in [7, 11) is 1.44. The molecule has 1 aliphatic rings. The standard InChI is InChI=1S/C21H18ClN3O4S/c1-29-16-8-12(5-6-15(16)26)14-9-17(27)23-19-18(14)20(28)25-21(24-19)30-10-11-3-2-4-13(22)7-11/h2-8,14,26H,9-10H2,1H3,(H2,23,24,25,27,28)/t14-/m1/s1. The second-order valence-electron chi connectivity index (χ2n) is 6.79. The molecule has 0 radical (unpaired) electrons. The van der Waals surface area contributed by atoms with Crippen molar-refractivity contribution in [1.29, 1.82) is 0 Å². The molecule has 2 aromatic carbocycles. The molecule has 7 nitrogen and oxygen atoms in total. The number of carbonyl (C=O) groups is 1. The molecule has 3 N–H and O–H groups in total. The van der Waals surface area contributed by atoms with E-state index in [4.69, 9.17) is 16.3 Å². The number of aromatic amines is 1. The molecule has 154 valence electrons. The van der Waals surface area contributed by atoms with Crippen molar-refractivity contribution < 1.29 is 14.6 Å². The zero-order valence-corrected chi connectivity index (χ0v) is 17.5. The molecule has 0 spiro atoms. The first-order chi connectivity index (χ1) is 14.4. The smallest absolute Gasteiger partial charge is 0.257 e. The summed E-state index contributed by atoms with van der Waals surface area (Å²) in [6.07, 6.45) is 0.0979. The number of aromatic nitrogens is 2. The molecule has 1 amide bonds. The Bertz CT molecular complexity index is 1180. The van der Waals surface area contributed by atoms with Crippen LogP contribution in [0.5, 0.6) is 11.5 Å². The second-order valence-corrected chi connectivity index (χ2v) is 8.19. The summed E-state index contributed by atoms with van der Waals surface area (Å²) in [6, 6.07) is 12.2. The number of methoxy groups -OCH3 is 1. The predicted molar refractivity (Wildman–Crippen MR) is 116 cm³/mol. The van der Waals surface area contributed by atoms with Crippen LogP contribution >= 0.6 is 23.4 Å². The van der Waals surface area contributed by atoms with Crippen molar-refractivity contribution in [2.75, 3.05) is 12.4 Å². The number of carbonyl (C=O) groups excluding carboxylic acids is 1. The van der Waals surface area contributed by atoms with Crippen LogP contribution in [0.2, 0.25) is 5.02 Å². The zero-order chi connectivity index (χ0) is 21.3. The molecule has 9 heteroatoms. The summed E-state index contributed by atoms with van der Waals surface area (Å²) < 4.78 is 5.16. The summed E-state index contributed by atoms with van der Waals surface area (Å²) in [5.74, 6) is 0.352. The largest absolute Gasteiger partial charge is 0.504 e. The van der Waals surface area contributed by atoms with E-state index in [0.29, 0.717) is 27.1 Å². The van der Waals surface area contributed by atoms with Gasteiger partial charge in [-0.1, -0.05) is 41.6 Å². The number of phenols is 1. The van der Waals surface area contributed by atoms with E-state index in [1.807, 2.05) is 18.2 Å². The molecule has 0 saturated carbocycles. The molecular formula is C21H18ClN3O4S. The fourth-order valence-electron chi connectivity index (χ4n) is 3.39. The van der Waals surface area contributed by atoms with Crippen LogP contribution in [0.3, 0.4) is 0 Å². The van der Waals surface area contributed by atoms with Crippen molar-refractivity contribution in [3.05, 3.63) is 74.5 Å². The van der Waals surface area contributed by atoms with Gasteiger partial charge in [0, 0.05) is 23.1 Å². The number of halogens is 1. The number of benzene rings is 2. The molecule has 3 aromatic rings. The van der Waals surface area contributed by atoms with Crippen LogP contribution < -0.4 is 15.6 Å². The van der Waals surface area contributed by atoms with Crippen molar-refractivity contribution in [3.63, 3.8) is 0 Å². The molecule has 2 heterocycles. The fraction of sp³-hybridized carbons (Fsp3) is 0.190. The van der Waals surface area contributed by atoms with Crippen molar-refractivity contribution in [3.8, 4) is 11.5 Å². The van der Waals surface area contributed by atoms with E-state index >= 15 is 0 Å². The summed E-state index contributed by atoms with van der Waals surface area (Å²) in [5.41, 5.74) is 1.75. The predicted octanol–water partition coefficient (Wildman–Crippen LogP) is 3.90. The molecule has 0 aliphatic carbocycles. The molecule has 0 saturated heterocycles. The normalized spacial score (nSPS) is 15.4. The lowest BCUT2D eigenvalue weighted by Gasteiger charge is -2.25. The van der Waals surface area contributed by atoms with E-state index in [0.717, 1.165) is 5.56 Å². The number of H-pyrrole nitrogens is 1. The molecule has 4 rings (SSSR count). The van der Waals surface area contributed by atoms with Crippen LogP contribution in [0.1, 0.15) is 29.0 Å². The number of ether oxygens (including phenoxy) is 1. The quantitative estimate of drug-likeness (QED) is 0.408. The van der Waals surface area contributed by atoms with Gasteiger partial charge < -0.3 is 20.1 Å². The maximum absolute atomic E-state index is 12.9. The maximum Gasteiger partial charge on any atom is 0.257 e. The van der Waals surface area contributed by atoms with E-state index in [-0.39, 0.29) is 35.2 Å². The number of hydrogen-bond donors (Lipinski definition) is 3. The average Bonchev–Trinajstić information content (AvgIpc) is 2.72. The van der Waals surface area contributed by atoms with Crippen LogP contribution in [-0.2, 0) is 10.5 Å². The van der Waals surface area contributed by atoms with Crippen LogP contribution in [-0.4, -0.2) is 28.1 Å². The third-order valence-electron chi connectivity index (χ3n) is 4.80. The Morgan fingerprint density at radius 2 is 2.10 bits per heavy atom. The highest BCUT2D eigenvalue weighted by molar-refractivity contribution is 7.98. The molecule has 0 fully saturated rings. The lowest BCUT2D eigenvalue weighted by molar-refractivity contribution is -0.116. The number of anilines is 1. The molecule has 1 aliphatic heterocycles. The van der Waals surface area contributed by atoms with Gasteiger partial charge in [0.15, 0.2) is 16.7 Å². The SMILES string of the molecule is COc1cc([C@H]2CC(=O)Nc3nc(SCc4cccc(Cl)c4)[nH]c(=O)c32)ccc1O. The van der Waals surface area contributed by atoms with Crippen LogP contribution in [0.15, 0.2) is 52.4 Å². The van der Waals surface area contributed by atoms with Crippen LogP contribution in [0, 0.1) is 0 Å². The van der Waals surface area contributed by atoms with Crippen LogP contribution in [0.4, 0.5) is 5.82 Å². The van der Waals surface area contributed by atoms with E-state index < -0.39 is 5.92 Å². The maximum atomic E-state index is 12.9. The number of aromatic hydroxyl groups is 1. The number of nitrogens with zero attached hydrogens (tertiary/aromatic N) is 1. The van der Waals surface area contributed by atoms with Gasteiger partial charge in [0.2, 0.25) is 5.91 Å². The zero-order valence-electron chi connectivity index (χ0n) is 15.9. The Labute approximate surface area is 181 Å². The Morgan fingerprint density at radius 3 is 2.87 bits per heavy atom. The highest BCUT2D eigenvalue weighted by Crippen LogP contribution is 2.38. The van der Waals surface area contributed by atoms with Crippen molar-refractivity contribution in [2.45, 2.75) is 23.2 Å². The third kappa shape index (κ3) is 4.15. The first kappa shape index (κ1) is 20.3. The molecule has 0 unspecified atom stereocenters.